The molecule has 1 atom stereocenters. The molecule has 0 spiro atoms. The first kappa shape index (κ1) is 11.4. The minimum atomic E-state index is -0.848. The van der Waals surface area contributed by atoms with Crippen molar-refractivity contribution in [2.75, 3.05) is 6.61 Å². The van der Waals surface area contributed by atoms with Gasteiger partial charge in [0, 0.05) is 6.42 Å². The van der Waals surface area contributed by atoms with E-state index in [1.54, 1.807) is 12.2 Å². The lowest BCUT2D eigenvalue weighted by Crippen LogP contribution is -2.24. The summed E-state index contributed by atoms with van der Waals surface area (Å²) in [5.74, 6) is 1.42. The average Bonchev–Trinajstić information content (AvgIpc) is 2.40. The van der Waals surface area contributed by atoms with E-state index in [0.29, 0.717) is 12.2 Å². The number of rotatable bonds is 3. The predicted molar refractivity (Wildman–Crippen MR) is 64.0 cm³/mol. The van der Waals surface area contributed by atoms with E-state index in [4.69, 9.17) is 10.00 Å². The zero-order valence-corrected chi connectivity index (χ0v) is 9.34. The van der Waals surface area contributed by atoms with Gasteiger partial charge in [-0.1, -0.05) is 30.4 Å². The number of hydrogen-bond donors (Lipinski definition) is 1. The molecule has 1 N–H and O–H groups in total. The highest BCUT2D eigenvalue weighted by molar-refractivity contribution is 5.30. The van der Waals surface area contributed by atoms with Gasteiger partial charge in [0.1, 0.15) is 16.9 Å². The topological polar surface area (TPSA) is 53.2 Å². The van der Waals surface area contributed by atoms with Crippen LogP contribution in [0.15, 0.2) is 54.3 Å². The Bertz CT molecular complexity index is 485. The van der Waals surface area contributed by atoms with Gasteiger partial charge in [-0.15, -0.1) is 0 Å². The second-order valence-electron chi connectivity index (χ2n) is 4.01. The third-order valence-electron chi connectivity index (χ3n) is 2.68. The van der Waals surface area contributed by atoms with Crippen LogP contribution in [0.2, 0.25) is 0 Å². The Morgan fingerprint density at radius 3 is 2.76 bits per heavy atom. The van der Waals surface area contributed by atoms with Crippen LogP contribution in [0.5, 0.6) is 5.75 Å². The summed E-state index contributed by atoms with van der Waals surface area (Å²) in [6, 6.07) is 11.5. The molecule has 1 aromatic rings. The number of hydrogen-bond acceptors (Lipinski definition) is 3. The normalized spacial score (nSPS) is 22.7. The molecule has 3 nitrogen and oxygen atoms in total. The van der Waals surface area contributed by atoms with Crippen LogP contribution < -0.4 is 4.74 Å². The highest BCUT2D eigenvalue weighted by Gasteiger charge is 2.30. The molecular formula is C14H13NO2. The van der Waals surface area contributed by atoms with Crippen LogP contribution in [0.1, 0.15) is 6.42 Å². The number of aliphatic hydroxyl groups is 1. The lowest BCUT2D eigenvalue weighted by Gasteiger charge is -2.24. The first-order chi connectivity index (χ1) is 8.28. The molecule has 0 aliphatic heterocycles. The minimum absolute atomic E-state index is 0.199. The van der Waals surface area contributed by atoms with Crippen molar-refractivity contribution in [3.63, 3.8) is 0 Å². The van der Waals surface area contributed by atoms with Crippen LogP contribution >= 0.6 is 0 Å². The summed E-state index contributed by atoms with van der Waals surface area (Å²) in [6.45, 7) is -0.199. The van der Waals surface area contributed by atoms with Gasteiger partial charge >= 0.3 is 0 Å². The molecule has 0 saturated heterocycles. The number of allylic oxidation sites excluding steroid dienone is 3. The fourth-order valence-corrected chi connectivity index (χ4v) is 1.70. The zero-order valence-electron chi connectivity index (χ0n) is 9.34. The van der Waals surface area contributed by atoms with E-state index < -0.39 is 5.41 Å². The monoisotopic (exact) mass is 227 g/mol. The van der Waals surface area contributed by atoms with Gasteiger partial charge in [0.25, 0.3) is 0 Å². The van der Waals surface area contributed by atoms with Crippen LogP contribution in [0, 0.1) is 16.7 Å². The molecule has 0 bridgehead atoms. The summed E-state index contributed by atoms with van der Waals surface area (Å²) in [7, 11) is 0. The Hall–Kier alpha value is -2.05. The van der Waals surface area contributed by atoms with Gasteiger partial charge in [-0.05, 0) is 18.2 Å². The highest BCUT2D eigenvalue weighted by Crippen LogP contribution is 2.31. The van der Waals surface area contributed by atoms with Crippen LogP contribution in [-0.2, 0) is 0 Å². The lowest BCUT2D eigenvalue weighted by molar-refractivity contribution is 0.196. The Labute approximate surface area is 100 Å². The van der Waals surface area contributed by atoms with E-state index in [-0.39, 0.29) is 6.61 Å². The van der Waals surface area contributed by atoms with E-state index in [0.717, 1.165) is 5.75 Å². The summed E-state index contributed by atoms with van der Waals surface area (Å²) >= 11 is 0. The van der Waals surface area contributed by atoms with Crippen LogP contribution in [0.25, 0.3) is 0 Å². The van der Waals surface area contributed by atoms with Crippen molar-refractivity contribution in [3.05, 3.63) is 54.3 Å². The number of nitrogens with zero attached hydrogens (tertiary/aromatic N) is 1. The fraction of sp³-hybridized carbons (Fsp3) is 0.214. The Morgan fingerprint density at radius 2 is 2.12 bits per heavy atom. The molecule has 86 valence electrons. The predicted octanol–water partition coefficient (Wildman–Crippen LogP) is 2.41. The number of nitriles is 1. The Morgan fingerprint density at radius 1 is 1.35 bits per heavy atom. The SMILES string of the molecule is N#CC1(CO)C=CC=C(Oc2ccccc2)C1. The third-order valence-corrected chi connectivity index (χ3v) is 2.68. The molecule has 17 heavy (non-hydrogen) atoms. The van der Waals surface area contributed by atoms with Crippen LogP contribution in [0.4, 0.5) is 0 Å². The van der Waals surface area contributed by atoms with Gasteiger partial charge in [-0.25, -0.2) is 0 Å². The maximum atomic E-state index is 9.27. The number of aliphatic hydroxyl groups excluding tert-OH is 1. The molecule has 0 fully saturated rings. The largest absolute Gasteiger partial charge is 0.462 e. The van der Waals surface area contributed by atoms with Gasteiger partial charge in [-0.2, -0.15) is 5.26 Å². The average molecular weight is 227 g/mol. The second kappa shape index (κ2) is 4.86. The number of ether oxygens (including phenoxy) is 1. The van der Waals surface area contributed by atoms with E-state index in [1.165, 1.54) is 0 Å². The molecule has 1 aromatic carbocycles. The molecule has 0 aromatic heterocycles. The molecule has 0 radical (unpaired) electrons. The van der Waals surface area contributed by atoms with Crippen LogP contribution in [0.3, 0.4) is 0 Å². The molecule has 1 unspecified atom stereocenters. The van der Waals surface area contributed by atoms with Crippen molar-refractivity contribution in [2.24, 2.45) is 5.41 Å². The fourth-order valence-electron chi connectivity index (χ4n) is 1.70. The van der Waals surface area contributed by atoms with E-state index in [9.17, 15) is 5.11 Å². The lowest BCUT2D eigenvalue weighted by atomic mass is 9.83. The van der Waals surface area contributed by atoms with Crippen LogP contribution in [-0.4, -0.2) is 11.7 Å². The number of benzene rings is 1. The number of para-hydroxylation sites is 1. The van der Waals surface area contributed by atoms with Crippen molar-refractivity contribution in [2.45, 2.75) is 6.42 Å². The standard InChI is InChI=1S/C14H13NO2/c15-10-14(11-16)8-4-7-13(9-14)17-12-5-2-1-3-6-12/h1-8,16H,9,11H2. The van der Waals surface area contributed by atoms with Crippen molar-refractivity contribution in [3.8, 4) is 11.8 Å². The molecule has 0 heterocycles. The molecule has 3 heteroatoms. The van der Waals surface area contributed by atoms with Gasteiger partial charge in [0.05, 0.1) is 12.7 Å². The molecule has 0 amide bonds. The van der Waals surface area contributed by atoms with E-state index >= 15 is 0 Å². The summed E-state index contributed by atoms with van der Waals surface area (Å²) in [5, 5.41) is 18.4. The summed E-state index contributed by atoms with van der Waals surface area (Å²) in [6.07, 6.45) is 5.68. The first-order valence-corrected chi connectivity index (χ1v) is 5.41. The summed E-state index contributed by atoms with van der Waals surface area (Å²) in [5.41, 5.74) is -0.848. The molecule has 2 rings (SSSR count). The quantitative estimate of drug-likeness (QED) is 0.862. The molecule has 1 aliphatic carbocycles. The van der Waals surface area contributed by atoms with Gasteiger partial charge in [-0.3, -0.25) is 0 Å². The summed E-state index contributed by atoms with van der Waals surface area (Å²) < 4.78 is 5.66. The molecule has 1 aliphatic rings. The van der Waals surface area contributed by atoms with Gasteiger partial charge in [0.2, 0.25) is 0 Å². The maximum absolute atomic E-state index is 9.27. The highest BCUT2D eigenvalue weighted by atomic mass is 16.5. The molecule has 0 saturated carbocycles. The minimum Gasteiger partial charge on any atom is -0.462 e. The first-order valence-electron chi connectivity index (χ1n) is 5.41. The van der Waals surface area contributed by atoms with Crippen molar-refractivity contribution < 1.29 is 9.84 Å². The maximum Gasteiger partial charge on any atom is 0.126 e. The smallest absolute Gasteiger partial charge is 0.126 e. The Balaban J connectivity index is 2.12. The van der Waals surface area contributed by atoms with Crippen molar-refractivity contribution in [1.29, 1.82) is 5.26 Å². The van der Waals surface area contributed by atoms with Gasteiger partial charge < -0.3 is 9.84 Å². The van der Waals surface area contributed by atoms with Crippen molar-refractivity contribution >= 4 is 0 Å². The third kappa shape index (κ3) is 2.55. The van der Waals surface area contributed by atoms with E-state index in [2.05, 4.69) is 6.07 Å². The molecular weight excluding hydrogens is 214 g/mol. The zero-order chi connectivity index (χ0) is 12.1. The Kier molecular flexibility index (Phi) is 3.27. The van der Waals surface area contributed by atoms with E-state index in [1.807, 2.05) is 36.4 Å². The van der Waals surface area contributed by atoms with Crippen molar-refractivity contribution in [1.82, 2.24) is 0 Å². The second-order valence-corrected chi connectivity index (χ2v) is 4.01. The summed E-state index contributed by atoms with van der Waals surface area (Å²) in [4.78, 5) is 0. The van der Waals surface area contributed by atoms with Gasteiger partial charge in [0.15, 0.2) is 0 Å².